The number of hydrogen-bond donors (Lipinski definition) is 2. The van der Waals surface area contributed by atoms with Crippen molar-refractivity contribution in [1.29, 1.82) is 0 Å². The molecule has 2 heterocycles. The number of thiol groups is 1. The van der Waals surface area contributed by atoms with Crippen molar-refractivity contribution in [1.82, 2.24) is 14.5 Å². The van der Waals surface area contributed by atoms with Gasteiger partial charge in [0.05, 0.1) is 0 Å². The Morgan fingerprint density at radius 3 is 2.89 bits per heavy atom. The molecule has 2 saturated heterocycles. The topological polar surface area (TPSA) is 18.5 Å². The average molecular weight is 287 g/mol. The van der Waals surface area contributed by atoms with Gasteiger partial charge in [-0.15, -0.1) is 0 Å². The third-order valence-electron chi connectivity index (χ3n) is 5.03. The summed E-state index contributed by atoms with van der Waals surface area (Å²) in [5.41, 5.74) is 0.433. The molecule has 3 rings (SSSR count). The summed E-state index contributed by atoms with van der Waals surface area (Å²) in [6, 6.07) is 0.776. The molecule has 3 nitrogen and oxygen atoms in total. The zero-order chi connectivity index (χ0) is 12.6. The van der Waals surface area contributed by atoms with E-state index in [4.69, 9.17) is 0 Å². The molecule has 3 atom stereocenters. The van der Waals surface area contributed by atoms with Crippen LogP contribution < -0.4 is 5.32 Å². The molecule has 3 unspecified atom stereocenters. The highest BCUT2D eigenvalue weighted by molar-refractivity contribution is 8.67. The van der Waals surface area contributed by atoms with Gasteiger partial charge in [0.25, 0.3) is 0 Å². The van der Waals surface area contributed by atoms with Gasteiger partial charge in [-0.3, -0.25) is 0 Å². The maximum absolute atomic E-state index is 4.35. The Labute approximate surface area is 120 Å². The van der Waals surface area contributed by atoms with Crippen molar-refractivity contribution in [2.24, 2.45) is 5.92 Å². The maximum atomic E-state index is 4.35. The van der Waals surface area contributed by atoms with Crippen LogP contribution in [0, 0.1) is 5.92 Å². The number of rotatable bonds is 4. The molecule has 3 fully saturated rings. The summed E-state index contributed by atoms with van der Waals surface area (Å²) in [6.07, 6.45) is 5.55. The maximum Gasteiger partial charge on any atom is 0.0351 e. The van der Waals surface area contributed by atoms with Gasteiger partial charge in [-0.25, -0.2) is 4.31 Å². The lowest BCUT2D eigenvalue weighted by molar-refractivity contribution is 0.221. The van der Waals surface area contributed by atoms with Gasteiger partial charge in [-0.2, -0.15) is 0 Å². The van der Waals surface area contributed by atoms with Crippen molar-refractivity contribution in [3.8, 4) is 0 Å². The third-order valence-corrected chi connectivity index (χ3v) is 6.27. The van der Waals surface area contributed by atoms with Gasteiger partial charge in [-0.05, 0) is 62.6 Å². The Balaban J connectivity index is 1.50. The SMILES string of the molecule is CC(CC1CC12CN(SS)CCN2)N1CCCC1. The number of nitrogens with one attached hydrogen (secondary N) is 1. The van der Waals surface area contributed by atoms with Gasteiger partial charge in [0.1, 0.15) is 0 Å². The molecule has 1 spiro atoms. The Bertz CT molecular complexity index is 296. The number of hydrogen-bond acceptors (Lipinski definition) is 5. The molecule has 0 aromatic rings. The summed E-state index contributed by atoms with van der Waals surface area (Å²) in [5.74, 6) is 0.886. The second-order valence-electron chi connectivity index (χ2n) is 6.26. The van der Waals surface area contributed by atoms with Gasteiger partial charge in [0, 0.05) is 31.2 Å². The first-order valence-electron chi connectivity index (χ1n) is 7.29. The minimum Gasteiger partial charge on any atom is -0.308 e. The summed E-state index contributed by atoms with van der Waals surface area (Å²) in [5, 5.41) is 3.77. The first-order chi connectivity index (χ1) is 8.73. The Morgan fingerprint density at radius 2 is 2.17 bits per heavy atom. The molecule has 1 saturated carbocycles. The van der Waals surface area contributed by atoms with Crippen LogP contribution in [0.5, 0.6) is 0 Å². The quantitative estimate of drug-likeness (QED) is 0.468. The largest absolute Gasteiger partial charge is 0.308 e. The van der Waals surface area contributed by atoms with E-state index in [0.717, 1.165) is 25.0 Å². The van der Waals surface area contributed by atoms with Crippen LogP contribution in [0.2, 0.25) is 0 Å². The van der Waals surface area contributed by atoms with Crippen molar-refractivity contribution in [3.63, 3.8) is 0 Å². The molecular formula is C13H25N3S2. The predicted molar refractivity (Wildman–Crippen MR) is 81.9 cm³/mol. The fourth-order valence-electron chi connectivity index (χ4n) is 3.79. The van der Waals surface area contributed by atoms with Crippen molar-refractivity contribution >= 4 is 22.6 Å². The van der Waals surface area contributed by atoms with E-state index in [1.165, 1.54) is 45.3 Å². The molecule has 0 amide bonds. The highest BCUT2D eigenvalue weighted by Gasteiger charge is 2.56. The molecule has 0 radical (unpaired) electrons. The van der Waals surface area contributed by atoms with Gasteiger partial charge >= 0.3 is 0 Å². The van der Waals surface area contributed by atoms with E-state index in [1.54, 1.807) is 11.0 Å². The average Bonchev–Trinajstić information content (AvgIpc) is 2.86. The van der Waals surface area contributed by atoms with Crippen LogP contribution in [0.4, 0.5) is 0 Å². The van der Waals surface area contributed by atoms with E-state index in [1.807, 2.05) is 0 Å². The molecule has 1 N–H and O–H groups in total. The molecule has 3 aliphatic rings. The van der Waals surface area contributed by atoms with E-state index in [2.05, 4.69) is 33.1 Å². The molecule has 5 heteroatoms. The van der Waals surface area contributed by atoms with E-state index in [0.29, 0.717) is 5.54 Å². The molecule has 1 aliphatic carbocycles. The lowest BCUT2D eigenvalue weighted by Gasteiger charge is -2.33. The molecule has 2 aliphatic heterocycles. The summed E-state index contributed by atoms with van der Waals surface area (Å²) < 4.78 is 2.40. The first-order valence-corrected chi connectivity index (χ1v) is 9.12. The molecule has 0 bridgehead atoms. The summed E-state index contributed by atoms with van der Waals surface area (Å²) in [7, 11) is 1.61. The van der Waals surface area contributed by atoms with Crippen LogP contribution in [-0.4, -0.2) is 53.5 Å². The highest BCUT2D eigenvalue weighted by Crippen LogP contribution is 2.49. The van der Waals surface area contributed by atoms with Crippen LogP contribution >= 0.6 is 22.6 Å². The minimum absolute atomic E-state index is 0.433. The zero-order valence-electron chi connectivity index (χ0n) is 11.3. The second kappa shape index (κ2) is 5.52. The predicted octanol–water partition coefficient (Wildman–Crippen LogP) is 2.02. The summed E-state index contributed by atoms with van der Waals surface area (Å²) in [6.45, 7) is 8.51. The summed E-state index contributed by atoms with van der Waals surface area (Å²) in [4.78, 5) is 2.68. The van der Waals surface area contributed by atoms with Gasteiger partial charge in [-0.1, -0.05) is 11.7 Å². The van der Waals surface area contributed by atoms with Crippen molar-refractivity contribution in [2.45, 2.75) is 44.2 Å². The number of nitrogens with zero attached hydrogens (tertiary/aromatic N) is 2. The van der Waals surface area contributed by atoms with Gasteiger partial charge in [0.15, 0.2) is 0 Å². The van der Waals surface area contributed by atoms with Crippen LogP contribution in [0.3, 0.4) is 0 Å². The second-order valence-corrected chi connectivity index (χ2v) is 7.43. The summed E-state index contributed by atoms with van der Waals surface area (Å²) >= 11 is 4.35. The smallest absolute Gasteiger partial charge is 0.0351 e. The van der Waals surface area contributed by atoms with Gasteiger partial charge in [0.2, 0.25) is 0 Å². The zero-order valence-corrected chi connectivity index (χ0v) is 13.0. The molecular weight excluding hydrogens is 262 g/mol. The monoisotopic (exact) mass is 287 g/mol. The van der Waals surface area contributed by atoms with E-state index in [9.17, 15) is 0 Å². The van der Waals surface area contributed by atoms with E-state index >= 15 is 0 Å². The third kappa shape index (κ3) is 2.70. The fraction of sp³-hybridized carbons (Fsp3) is 1.00. The Morgan fingerprint density at radius 1 is 1.39 bits per heavy atom. The van der Waals surface area contributed by atoms with Crippen molar-refractivity contribution < 1.29 is 0 Å². The molecule has 0 aromatic heterocycles. The normalized spacial score (nSPS) is 39.3. The lowest BCUT2D eigenvalue weighted by atomic mass is 10.1. The van der Waals surface area contributed by atoms with E-state index in [-0.39, 0.29) is 0 Å². The number of piperazine rings is 1. The van der Waals surface area contributed by atoms with Crippen LogP contribution in [0.15, 0.2) is 0 Å². The standard InChI is InChI=1S/C13H25N3S2/c1-11(15-5-2-3-6-15)8-12-9-13(12)10-16(18-17)7-4-14-13/h11-12,14,17H,2-10H2,1H3. The van der Waals surface area contributed by atoms with Crippen LogP contribution in [0.1, 0.15) is 32.6 Å². The van der Waals surface area contributed by atoms with E-state index < -0.39 is 0 Å². The Hall–Kier alpha value is 0.580. The minimum atomic E-state index is 0.433. The van der Waals surface area contributed by atoms with Crippen LogP contribution in [0.25, 0.3) is 0 Å². The Kier molecular flexibility index (Phi) is 4.16. The molecule has 18 heavy (non-hydrogen) atoms. The van der Waals surface area contributed by atoms with Crippen molar-refractivity contribution in [2.75, 3.05) is 32.7 Å². The van der Waals surface area contributed by atoms with Crippen LogP contribution in [-0.2, 0) is 0 Å². The molecule has 104 valence electrons. The first kappa shape index (κ1) is 13.6. The van der Waals surface area contributed by atoms with Gasteiger partial charge < -0.3 is 10.2 Å². The molecule has 0 aromatic carbocycles. The lowest BCUT2D eigenvalue weighted by Crippen LogP contribution is -2.51. The van der Waals surface area contributed by atoms with Crippen molar-refractivity contribution in [3.05, 3.63) is 0 Å². The highest BCUT2D eigenvalue weighted by atomic mass is 33.1. The number of likely N-dealkylation sites (tertiary alicyclic amines) is 1. The fourth-order valence-corrected chi connectivity index (χ4v) is 4.67.